The largest absolute Gasteiger partial charge is 0.493 e. The Morgan fingerprint density at radius 3 is 2.44 bits per heavy atom. The van der Waals surface area contributed by atoms with Crippen LogP contribution in [0.5, 0.6) is 17.2 Å². The van der Waals surface area contributed by atoms with Crippen molar-refractivity contribution in [2.45, 2.75) is 39.5 Å². The number of halogens is 1. The van der Waals surface area contributed by atoms with Crippen LogP contribution in [0.4, 0.5) is 4.39 Å². The third-order valence-electron chi connectivity index (χ3n) is 5.14. The van der Waals surface area contributed by atoms with E-state index < -0.39 is 5.82 Å². The monoisotopic (exact) mass is 458 g/mol. The van der Waals surface area contributed by atoms with E-state index in [9.17, 15) is 9.18 Å². The van der Waals surface area contributed by atoms with Crippen molar-refractivity contribution >= 4 is 17.2 Å². The highest BCUT2D eigenvalue weighted by atomic mass is 32.1. The van der Waals surface area contributed by atoms with Crippen LogP contribution in [-0.2, 0) is 13.2 Å². The Hall–Kier alpha value is -3.13. The van der Waals surface area contributed by atoms with E-state index in [2.05, 4.69) is 4.98 Å². The van der Waals surface area contributed by atoms with Gasteiger partial charge in [-0.15, -0.1) is 11.3 Å². The second-order valence-electron chi connectivity index (χ2n) is 7.18. The second-order valence-corrected chi connectivity index (χ2v) is 8.13. The minimum atomic E-state index is -0.524. The maximum absolute atomic E-state index is 14.2. The zero-order valence-electron chi connectivity index (χ0n) is 18.6. The van der Waals surface area contributed by atoms with Crippen molar-refractivity contribution < 1.29 is 23.4 Å². The van der Waals surface area contributed by atoms with Gasteiger partial charge >= 0.3 is 0 Å². The molecule has 0 fully saturated rings. The first-order valence-corrected chi connectivity index (χ1v) is 11.2. The Morgan fingerprint density at radius 1 is 1.12 bits per heavy atom. The van der Waals surface area contributed by atoms with Gasteiger partial charge in [0.2, 0.25) is 5.75 Å². The summed E-state index contributed by atoms with van der Waals surface area (Å²) in [5.41, 5.74) is 0.792. The highest BCUT2D eigenvalue weighted by Crippen LogP contribution is 2.37. The van der Waals surface area contributed by atoms with Gasteiger partial charge in [0.15, 0.2) is 11.5 Å². The highest BCUT2D eigenvalue weighted by Gasteiger charge is 2.24. The topological polar surface area (TPSA) is 60.9 Å². The SMILES string of the molecule is CC[C@H](C)N(Cc1csc(COc2c(OC)cccc2OC)n1)C(=O)c1ccccc1F. The summed E-state index contributed by atoms with van der Waals surface area (Å²) < 4.78 is 30.8. The Morgan fingerprint density at radius 2 is 1.81 bits per heavy atom. The minimum Gasteiger partial charge on any atom is -0.493 e. The molecule has 0 N–H and O–H groups in total. The molecule has 1 aromatic heterocycles. The van der Waals surface area contributed by atoms with E-state index in [0.29, 0.717) is 17.2 Å². The molecule has 1 heterocycles. The zero-order chi connectivity index (χ0) is 23.1. The van der Waals surface area contributed by atoms with Crippen molar-refractivity contribution in [1.29, 1.82) is 0 Å². The molecule has 3 rings (SSSR count). The molecule has 1 atom stereocenters. The highest BCUT2D eigenvalue weighted by molar-refractivity contribution is 7.09. The van der Waals surface area contributed by atoms with E-state index in [1.807, 2.05) is 25.3 Å². The van der Waals surface area contributed by atoms with Crippen molar-refractivity contribution in [3.05, 3.63) is 69.9 Å². The standard InChI is InChI=1S/C24H27FN2O4S/c1-5-16(2)27(24(28)18-9-6-7-10-19(18)25)13-17-15-32-22(26-17)14-31-23-20(29-3)11-8-12-21(23)30-4/h6-12,15-16H,5,13-14H2,1-4H3/t16-/m0/s1. The van der Waals surface area contributed by atoms with Gasteiger partial charge < -0.3 is 19.1 Å². The number of rotatable bonds is 10. The van der Waals surface area contributed by atoms with Crippen molar-refractivity contribution in [3.63, 3.8) is 0 Å². The van der Waals surface area contributed by atoms with Crippen LogP contribution < -0.4 is 14.2 Å². The number of methoxy groups -OCH3 is 2. The van der Waals surface area contributed by atoms with E-state index in [1.165, 1.54) is 23.5 Å². The number of amides is 1. The smallest absolute Gasteiger partial charge is 0.257 e. The summed E-state index contributed by atoms with van der Waals surface area (Å²) in [5, 5.41) is 2.64. The number of hydrogen-bond donors (Lipinski definition) is 0. The van der Waals surface area contributed by atoms with Crippen molar-refractivity contribution in [1.82, 2.24) is 9.88 Å². The average Bonchev–Trinajstić information content (AvgIpc) is 3.27. The van der Waals surface area contributed by atoms with Crippen LogP contribution >= 0.6 is 11.3 Å². The van der Waals surface area contributed by atoms with Gasteiger partial charge in [0.05, 0.1) is 32.0 Å². The van der Waals surface area contributed by atoms with Crippen LogP contribution in [0.2, 0.25) is 0 Å². The molecule has 2 aromatic carbocycles. The number of carbonyl (C=O) groups excluding carboxylic acids is 1. The van der Waals surface area contributed by atoms with Crippen molar-refractivity contribution in [2.75, 3.05) is 14.2 Å². The average molecular weight is 459 g/mol. The van der Waals surface area contributed by atoms with Crippen LogP contribution in [0.1, 0.15) is 41.3 Å². The third-order valence-corrected chi connectivity index (χ3v) is 6.01. The lowest BCUT2D eigenvalue weighted by molar-refractivity contribution is 0.0664. The van der Waals surface area contributed by atoms with Gasteiger partial charge in [-0.1, -0.05) is 25.1 Å². The van der Waals surface area contributed by atoms with Gasteiger partial charge in [-0.25, -0.2) is 9.37 Å². The molecule has 3 aromatic rings. The molecule has 0 spiro atoms. The first-order chi connectivity index (χ1) is 15.5. The summed E-state index contributed by atoms with van der Waals surface area (Å²) in [6.07, 6.45) is 0.744. The van der Waals surface area contributed by atoms with Gasteiger partial charge in [-0.3, -0.25) is 4.79 Å². The number of para-hydroxylation sites is 1. The summed E-state index contributed by atoms with van der Waals surface area (Å²) in [6.45, 7) is 4.46. The maximum Gasteiger partial charge on any atom is 0.257 e. The first kappa shape index (κ1) is 23.5. The van der Waals surface area contributed by atoms with Crippen molar-refractivity contribution in [2.24, 2.45) is 0 Å². The van der Waals surface area contributed by atoms with Crippen LogP contribution in [0, 0.1) is 5.82 Å². The Bertz CT molecular complexity index is 1030. The number of thiazole rings is 1. The van der Waals surface area contributed by atoms with Gasteiger partial charge in [0.25, 0.3) is 5.91 Å². The summed E-state index contributed by atoms with van der Waals surface area (Å²) in [7, 11) is 3.14. The van der Waals surface area contributed by atoms with E-state index >= 15 is 0 Å². The van der Waals surface area contributed by atoms with Gasteiger partial charge in [-0.05, 0) is 37.6 Å². The quantitative estimate of drug-likeness (QED) is 0.412. The fourth-order valence-electron chi connectivity index (χ4n) is 3.19. The fraction of sp³-hybridized carbons (Fsp3) is 0.333. The molecule has 0 unspecified atom stereocenters. The number of nitrogens with zero attached hydrogens (tertiary/aromatic N) is 2. The number of carbonyl (C=O) groups is 1. The summed E-state index contributed by atoms with van der Waals surface area (Å²) >= 11 is 1.44. The predicted octanol–water partition coefficient (Wildman–Crippen LogP) is 5.32. The van der Waals surface area contributed by atoms with Gasteiger partial charge in [0.1, 0.15) is 17.4 Å². The summed E-state index contributed by atoms with van der Waals surface area (Å²) in [4.78, 5) is 19.3. The van der Waals surface area contributed by atoms with Gasteiger partial charge in [0, 0.05) is 11.4 Å². The van der Waals surface area contributed by atoms with E-state index in [-0.39, 0.29) is 30.7 Å². The fourth-order valence-corrected chi connectivity index (χ4v) is 3.89. The Balaban J connectivity index is 1.74. The molecule has 0 saturated heterocycles. The summed E-state index contributed by atoms with van der Waals surface area (Å²) in [6, 6.07) is 11.4. The van der Waals surface area contributed by atoms with Crippen LogP contribution in [-0.4, -0.2) is 36.1 Å². The Labute approximate surface area is 191 Å². The maximum atomic E-state index is 14.2. The predicted molar refractivity (Wildman–Crippen MR) is 122 cm³/mol. The molecule has 0 radical (unpaired) electrons. The number of aromatic nitrogens is 1. The lowest BCUT2D eigenvalue weighted by Gasteiger charge is -2.28. The van der Waals surface area contributed by atoms with Crippen molar-refractivity contribution in [3.8, 4) is 17.2 Å². The number of ether oxygens (including phenoxy) is 3. The molecular formula is C24H27FN2O4S. The molecular weight excluding hydrogens is 431 g/mol. The molecule has 32 heavy (non-hydrogen) atoms. The third kappa shape index (κ3) is 5.37. The van der Waals surface area contributed by atoms with E-state index in [1.54, 1.807) is 43.4 Å². The van der Waals surface area contributed by atoms with E-state index in [4.69, 9.17) is 14.2 Å². The number of hydrogen-bond acceptors (Lipinski definition) is 6. The van der Waals surface area contributed by atoms with Gasteiger partial charge in [-0.2, -0.15) is 0 Å². The molecule has 0 bridgehead atoms. The zero-order valence-corrected chi connectivity index (χ0v) is 19.4. The Kier molecular flexibility index (Phi) is 8.05. The van der Waals surface area contributed by atoms with Crippen LogP contribution in [0.3, 0.4) is 0 Å². The second kappa shape index (κ2) is 10.9. The lowest BCUT2D eigenvalue weighted by atomic mass is 10.1. The number of benzene rings is 2. The molecule has 0 aliphatic rings. The van der Waals surface area contributed by atoms with Crippen LogP contribution in [0.15, 0.2) is 47.8 Å². The molecule has 6 nitrogen and oxygen atoms in total. The summed E-state index contributed by atoms with van der Waals surface area (Å²) in [5.74, 6) is 0.773. The normalized spacial score (nSPS) is 11.7. The first-order valence-electron chi connectivity index (χ1n) is 10.3. The lowest BCUT2D eigenvalue weighted by Crippen LogP contribution is -2.38. The molecule has 1 amide bonds. The minimum absolute atomic E-state index is 0.0647. The molecule has 0 aliphatic carbocycles. The molecule has 0 aliphatic heterocycles. The molecule has 170 valence electrons. The van der Waals surface area contributed by atoms with E-state index in [0.717, 1.165) is 17.1 Å². The van der Waals surface area contributed by atoms with Crippen LogP contribution in [0.25, 0.3) is 0 Å². The molecule has 8 heteroatoms. The molecule has 0 saturated carbocycles.